The van der Waals surface area contributed by atoms with Crippen molar-refractivity contribution in [3.05, 3.63) is 35.2 Å². The standard InChI is InChI=1S/C11H12ClN3O/c1-2-9(13)11-14-10(15-16-11)7-5-3-4-6-8(7)12/h3-6,9H,2,13H2,1H3/t9-/m0/s1. The molecule has 0 saturated carbocycles. The van der Waals surface area contributed by atoms with Crippen LogP contribution >= 0.6 is 11.6 Å². The molecule has 0 aliphatic carbocycles. The fraction of sp³-hybridized carbons (Fsp3) is 0.273. The third kappa shape index (κ3) is 2.08. The van der Waals surface area contributed by atoms with Gasteiger partial charge >= 0.3 is 0 Å². The lowest BCUT2D eigenvalue weighted by Crippen LogP contribution is -2.08. The predicted molar refractivity (Wildman–Crippen MR) is 62.0 cm³/mol. The Balaban J connectivity index is 2.35. The number of benzene rings is 1. The third-order valence-electron chi connectivity index (χ3n) is 2.31. The van der Waals surface area contributed by atoms with Crippen molar-refractivity contribution in [3.63, 3.8) is 0 Å². The van der Waals surface area contributed by atoms with Crippen LogP contribution in [0.1, 0.15) is 25.3 Å². The number of halogens is 1. The number of hydrogen-bond acceptors (Lipinski definition) is 4. The van der Waals surface area contributed by atoms with Gasteiger partial charge in [0.1, 0.15) is 0 Å². The summed E-state index contributed by atoms with van der Waals surface area (Å²) in [5.41, 5.74) is 6.55. The van der Waals surface area contributed by atoms with Gasteiger partial charge in [-0.25, -0.2) is 0 Å². The summed E-state index contributed by atoms with van der Waals surface area (Å²) in [6.45, 7) is 1.96. The van der Waals surface area contributed by atoms with Gasteiger partial charge in [0.2, 0.25) is 11.7 Å². The molecule has 84 valence electrons. The second-order valence-electron chi connectivity index (χ2n) is 3.45. The first-order valence-electron chi connectivity index (χ1n) is 5.06. The second-order valence-corrected chi connectivity index (χ2v) is 3.86. The van der Waals surface area contributed by atoms with Gasteiger partial charge in [0.15, 0.2) is 0 Å². The SMILES string of the molecule is CC[C@H](N)c1nc(-c2ccccc2Cl)no1. The van der Waals surface area contributed by atoms with Gasteiger partial charge in [0.05, 0.1) is 11.1 Å². The molecule has 0 aliphatic heterocycles. The van der Waals surface area contributed by atoms with E-state index < -0.39 is 0 Å². The highest BCUT2D eigenvalue weighted by molar-refractivity contribution is 6.33. The van der Waals surface area contributed by atoms with Crippen molar-refractivity contribution in [2.75, 3.05) is 0 Å². The van der Waals surface area contributed by atoms with Gasteiger partial charge in [-0.05, 0) is 18.6 Å². The van der Waals surface area contributed by atoms with E-state index in [0.29, 0.717) is 16.7 Å². The van der Waals surface area contributed by atoms with E-state index in [9.17, 15) is 0 Å². The zero-order valence-electron chi connectivity index (χ0n) is 8.85. The molecule has 2 N–H and O–H groups in total. The van der Waals surface area contributed by atoms with Crippen LogP contribution in [-0.4, -0.2) is 10.1 Å². The number of nitrogens with zero attached hydrogens (tertiary/aromatic N) is 2. The maximum atomic E-state index is 6.03. The average molecular weight is 238 g/mol. The number of nitrogens with two attached hydrogens (primary N) is 1. The van der Waals surface area contributed by atoms with Gasteiger partial charge in [-0.15, -0.1) is 0 Å². The first-order valence-corrected chi connectivity index (χ1v) is 5.44. The van der Waals surface area contributed by atoms with E-state index in [0.717, 1.165) is 12.0 Å². The van der Waals surface area contributed by atoms with Gasteiger partial charge in [-0.1, -0.05) is 35.8 Å². The van der Waals surface area contributed by atoms with Crippen molar-refractivity contribution in [2.24, 2.45) is 5.73 Å². The molecule has 4 nitrogen and oxygen atoms in total. The molecule has 0 saturated heterocycles. The molecule has 2 rings (SSSR count). The number of rotatable bonds is 3. The molecular weight excluding hydrogens is 226 g/mol. The lowest BCUT2D eigenvalue weighted by molar-refractivity contribution is 0.352. The number of aromatic nitrogens is 2. The molecule has 0 radical (unpaired) electrons. The minimum atomic E-state index is -0.219. The van der Waals surface area contributed by atoms with Crippen LogP contribution in [0.5, 0.6) is 0 Å². The Morgan fingerprint density at radius 3 is 2.88 bits per heavy atom. The van der Waals surface area contributed by atoms with Gasteiger partial charge in [0.25, 0.3) is 0 Å². The van der Waals surface area contributed by atoms with E-state index in [4.69, 9.17) is 21.9 Å². The summed E-state index contributed by atoms with van der Waals surface area (Å²) in [6.07, 6.45) is 0.754. The molecule has 2 aromatic rings. The van der Waals surface area contributed by atoms with Crippen molar-refractivity contribution < 1.29 is 4.52 Å². The summed E-state index contributed by atoms with van der Waals surface area (Å²) < 4.78 is 5.08. The highest BCUT2D eigenvalue weighted by Gasteiger charge is 2.15. The summed E-state index contributed by atoms with van der Waals surface area (Å²) in [4.78, 5) is 4.22. The fourth-order valence-electron chi connectivity index (χ4n) is 1.31. The third-order valence-corrected chi connectivity index (χ3v) is 2.64. The normalized spacial score (nSPS) is 12.7. The van der Waals surface area contributed by atoms with E-state index in [1.165, 1.54) is 0 Å². The topological polar surface area (TPSA) is 64.9 Å². The van der Waals surface area contributed by atoms with Gasteiger partial charge < -0.3 is 10.3 Å². The highest BCUT2D eigenvalue weighted by Crippen LogP contribution is 2.25. The summed E-state index contributed by atoms with van der Waals surface area (Å²) in [7, 11) is 0. The summed E-state index contributed by atoms with van der Waals surface area (Å²) in [5.74, 6) is 0.918. The molecule has 0 fully saturated rings. The van der Waals surface area contributed by atoms with Crippen LogP contribution in [0.2, 0.25) is 5.02 Å². The zero-order valence-corrected chi connectivity index (χ0v) is 9.61. The Bertz CT molecular complexity index is 484. The molecule has 1 heterocycles. The van der Waals surface area contributed by atoms with Gasteiger partial charge in [-0.3, -0.25) is 0 Å². The molecule has 0 unspecified atom stereocenters. The largest absolute Gasteiger partial charge is 0.337 e. The van der Waals surface area contributed by atoms with Crippen LogP contribution in [0.15, 0.2) is 28.8 Å². The molecule has 1 aromatic heterocycles. The zero-order chi connectivity index (χ0) is 11.5. The van der Waals surface area contributed by atoms with E-state index in [1.807, 2.05) is 25.1 Å². The molecule has 16 heavy (non-hydrogen) atoms. The lowest BCUT2D eigenvalue weighted by atomic mass is 10.2. The van der Waals surface area contributed by atoms with E-state index >= 15 is 0 Å². The van der Waals surface area contributed by atoms with Crippen molar-refractivity contribution in [2.45, 2.75) is 19.4 Å². The van der Waals surface area contributed by atoms with Crippen molar-refractivity contribution >= 4 is 11.6 Å². The van der Waals surface area contributed by atoms with Gasteiger partial charge in [0, 0.05) is 5.56 Å². The van der Waals surface area contributed by atoms with Crippen LogP contribution in [0, 0.1) is 0 Å². The Labute approximate surface area is 98.4 Å². The summed E-state index contributed by atoms with van der Waals surface area (Å²) in [6, 6.07) is 7.13. The lowest BCUT2D eigenvalue weighted by Gasteiger charge is -1.99. The molecule has 0 bridgehead atoms. The fourth-order valence-corrected chi connectivity index (χ4v) is 1.53. The van der Waals surface area contributed by atoms with Crippen LogP contribution in [-0.2, 0) is 0 Å². The van der Waals surface area contributed by atoms with Crippen LogP contribution < -0.4 is 5.73 Å². The molecule has 1 atom stereocenters. The first-order chi connectivity index (χ1) is 7.72. The average Bonchev–Trinajstić information content (AvgIpc) is 2.78. The van der Waals surface area contributed by atoms with E-state index in [1.54, 1.807) is 6.07 Å². The summed E-state index contributed by atoms with van der Waals surface area (Å²) >= 11 is 6.03. The van der Waals surface area contributed by atoms with Crippen molar-refractivity contribution in [3.8, 4) is 11.4 Å². The maximum Gasteiger partial charge on any atom is 0.243 e. The highest BCUT2D eigenvalue weighted by atomic mass is 35.5. The first kappa shape index (κ1) is 11.1. The van der Waals surface area contributed by atoms with E-state index in [2.05, 4.69) is 10.1 Å². The Kier molecular flexibility index (Phi) is 3.22. The quantitative estimate of drug-likeness (QED) is 0.892. The van der Waals surface area contributed by atoms with Crippen molar-refractivity contribution in [1.29, 1.82) is 0 Å². The second kappa shape index (κ2) is 4.63. The van der Waals surface area contributed by atoms with Crippen LogP contribution in [0.25, 0.3) is 11.4 Å². The molecule has 0 amide bonds. The van der Waals surface area contributed by atoms with Crippen LogP contribution in [0.3, 0.4) is 0 Å². The molecular formula is C11H12ClN3O. The minimum Gasteiger partial charge on any atom is -0.337 e. The van der Waals surface area contributed by atoms with Crippen LogP contribution in [0.4, 0.5) is 0 Å². The molecule has 1 aromatic carbocycles. The Hall–Kier alpha value is -1.39. The number of hydrogen-bond donors (Lipinski definition) is 1. The maximum absolute atomic E-state index is 6.03. The monoisotopic (exact) mass is 237 g/mol. The molecule has 0 aliphatic rings. The minimum absolute atomic E-state index is 0.219. The predicted octanol–water partition coefficient (Wildman–Crippen LogP) is 2.80. The molecule has 0 spiro atoms. The smallest absolute Gasteiger partial charge is 0.243 e. The van der Waals surface area contributed by atoms with Gasteiger partial charge in [-0.2, -0.15) is 4.98 Å². The Morgan fingerprint density at radius 2 is 2.19 bits per heavy atom. The summed E-state index contributed by atoms with van der Waals surface area (Å²) in [5, 5.41) is 4.46. The molecule has 5 heteroatoms. The van der Waals surface area contributed by atoms with E-state index in [-0.39, 0.29) is 6.04 Å². The Morgan fingerprint density at radius 1 is 1.44 bits per heavy atom. The van der Waals surface area contributed by atoms with Crippen molar-refractivity contribution in [1.82, 2.24) is 10.1 Å².